The summed E-state index contributed by atoms with van der Waals surface area (Å²) in [5, 5.41) is 4.39. The summed E-state index contributed by atoms with van der Waals surface area (Å²) in [6, 6.07) is 14.4. The molecule has 4 aromatic rings. The lowest BCUT2D eigenvalue weighted by molar-refractivity contribution is 0.697. The summed E-state index contributed by atoms with van der Waals surface area (Å²) < 4.78 is 4.04. The third-order valence-electron chi connectivity index (χ3n) is 4.24. The molecule has 0 aliphatic heterocycles. The molecule has 4 rings (SSSR count). The van der Waals surface area contributed by atoms with E-state index in [0.29, 0.717) is 6.54 Å². The summed E-state index contributed by atoms with van der Waals surface area (Å²) in [6.07, 6.45) is 5.65. The third kappa shape index (κ3) is 3.10. The van der Waals surface area contributed by atoms with E-state index >= 15 is 0 Å². The van der Waals surface area contributed by atoms with Gasteiger partial charge in [0.05, 0.1) is 12.7 Å². The zero-order valence-electron chi connectivity index (χ0n) is 14.4. The normalized spacial score (nSPS) is 11.1. The summed E-state index contributed by atoms with van der Waals surface area (Å²) in [6.45, 7) is 3.51. The molecule has 0 saturated heterocycles. The molecule has 6 heteroatoms. The number of benzene rings is 1. The molecule has 3 aromatic heterocycles. The number of hydrogen-bond donors (Lipinski definition) is 0. The molecule has 3 heterocycles. The predicted octanol–water partition coefficient (Wildman–Crippen LogP) is 2.92. The number of rotatable bonds is 5. The molecule has 0 fully saturated rings. The summed E-state index contributed by atoms with van der Waals surface area (Å²) in [7, 11) is 2.05. The van der Waals surface area contributed by atoms with Crippen LogP contribution in [0.4, 0.5) is 5.82 Å². The molecule has 0 N–H and O–H groups in total. The van der Waals surface area contributed by atoms with Crippen LogP contribution in [0.5, 0.6) is 0 Å². The Morgan fingerprint density at radius 3 is 2.76 bits per heavy atom. The van der Waals surface area contributed by atoms with Gasteiger partial charge in [-0.15, -0.1) is 0 Å². The van der Waals surface area contributed by atoms with Crippen LogP contribution in [0.25, 0.3) is 5.65 Å². The number of aromatic nitrogens is 5. The fourth-order valence-corrected chi connectivity index (χ4v) is 3.00. The van der Waals surface area contributed by atoms with Crippen LogP contribution in [-0.4, -0.2) is 31.2 Å². The molecule has 0 aliphatic carbocycles. The van der Waals surface area contributed by atoms with Gasteiger partial charge in [-0.3, -0.25) is 0 Å². The molecule has 126 valence electrons. The molecule has 1 aromatic carbocycles. The van der Waals surface area contributed by atoms with Crippen LogP contribution in [-0.2, 0) is 13.1 Å². The number of nitrogens with zero attached hydrogens (tertiary/aromatic N) is 6. The molecule has 0 aliphatic rings. The Kier molecular flexibility index (Phi) is 3.93. The maximum atomic E-state index is 4.54. The number of hydrogen-bond acceptors (Lipinski definition) is 4. The lowest BCUT2D eigenvalue weighted by atomic mass is 10.2. The van der Waals surface area contributed by atoms with Gasteiger partial charge in [0.2, 0.25) is 0 Å². The SMILES string of the molecule is Cc1cc(N(C)Cc2nccn2Cc2ccccc2)n2nccc2n1. The second-order valence-electron chi connectivity index (χ2n) is 6.17. The van der Waals surface area contributed by atoms with E-state index in [1.807, 2.05) is 42.0 Å². The van der Waals surface area contributed by atoms with Crippen molar-refractivity contribution in [2.75, 3.05) is 11.9 Å². The van der Waals surface area contributed by atoms with Crippen molar-refractivity contribution in [3.8, 4) is 0 Å². The van der Waals surface area contributed by atoms with Gasteiger partial charge in [-0.2, -0.15) is 9.61 Å². The lowest BCUT2D eigenvalue weighted by Crippen LogP contribution is -2.22. The minimum atomic E-state index is 0.693. The van der Waals surface area contributed by atoms with Crippen LogP contribution in [0.2, 0.25) is 0 Å². The van der Waals surface area contributed by atoms with Crippen molar-refractivity contribution >= 4 is 11.5 Å². The van der Waals surface area contributed by atoms with Gasteiger partial charge >= 0.3 is 0 Å². The van der Waals surface area contributed by atoms with Crippen molar-refractivity contribution in [3.05, 3.63) is 78.1 Å². The first-order chi connectivity index (χ1) is 12.2. The van der Waals surface area contributed by atoms with Crippen LogP contribution in [0, 0.1) is 6.92 Å². The lowest BCUT2D eigenvalue weighted by Gasteiger charge is -2.20. The molecule has 0 spiro atoms. The molecule has 0 unspecified atom stereocenters. The van der Waals surface area contributed by atoms with Crippen molar-refractivity contribution in [1.29, 1.82) is 0 Å². The van der Waals surface area contributed by atoms with Gasteiger partial charge in [-0.25, -0.2) is 9.97 Å². The summed E-state index contributed by atoms with van der Waals surface area (Å²) >= 11 is 0. The maximum Gasteiger partial charge on any atom is 0.157 e. The molecule has 0 atom stereocenters. The van der Waals surface area contributed by atoms with Crippen LogP contribution >= 0.6 is 0 Å². The third-order valence-corrected chi connectivity index (χ3v) is 4.24. The Hall–Kier alpha value is -3.15. The largest absolute Gasteiger partial charge is 0.352 e. The molecule has 0 radical (unpaired) electrons. The van der Waals surface area contributed by atoms with E-state index in [4.69, 9.17) is 0 Å². The number of imidazole rings is 1. The Morgan fingerprint density at radius 1 is 1.08 bits per heavy atom. The quantitative estimate of drug-likeness (QED) is 0.564. The minimum Gasteiger partial charge on any atom is -0.352 e. The van der Waals surface area contributed by atoms with Crippen LogP contribution in [0.3, 0.4) is 0 Å². The van der Waals surface area contributed by atoms with Gasteiger partial charge in [0.25, 0.3) is 0 Å². The Labute approximate surface area is 146 Å². The van der Waals surface area contributed by atoms with Gasteiger partial charge in [0, 0.05) is 43.8 Å². The first kappa shape index (κ1) is 15.4. The zero-order chi connectivity index (χ0) is 17.2. The van der Waals surface area contributed by atoms with Gasteiger partial charge in [0.1, 0.15) is 11.6 Å². The van der Waals surface area contributed by atoms with Crippen molar-refractivity contribution in [2.45, 2.75) is 20.0 Å². The number of fused-ring (bicyclic) bond motifs is 1. The Bertz CT molecular complexity index is 986. The van der Waals surface area contributed by atoms with Gasteiger partial charge in [0.15, 0.2) is 5.65 Å². The first-order valence-electron chi connectivity index (χ1n) is 8.27. The van der Waals surface area contributed by atoms with Crippen LogP contribution in [0.15, 0.2) is 61.1 Å². The topological polar surface area (TPSA) is 51.2 Å². The van der Waals surface area contributed by atoms with Gasteiger partial charge in [-0.1, -0.05) is 30.3 Å². The van der Waals surface area contributed by atoms with E-state index in [1.54, 1.807) is 6.20 Å². The zero-order valence-corrected chi connectivity index (χ0v) is 14.4. The first-order valence-corrected chi connectivity index (χ1v) is 8.27. The molecule has 6 nitrogen and oxygen atoms in total. The van der Waals surface area contributed by atoms with Crippen molar-refractivity contribution in [3.63, 3.8) is 0 Å². The highest BCUT2D eigenvalue weighted by atomic mass is 15.3. The Morgan fingerprint density at radius 2 is 1.92 bits per heavy atom. The average Bonchev–Trinajstić information content (AvgIpc) is 3.24. The van der Waals surface area contributed by atoms with Gasteiger partial charge in [-0.05, 0) is 12.5 Å². The summed E-state index contributed by atoms with van der Waals surface area (Å²) in [5.41, 5.74) is 3.09. The van der Waals surface area contributed by atoms with E-state index in [2.05, 4.69) is 55.8 Å². The van der Waals surface area contributed by atoms with E-state index in [0.717, 1.165) is 29.5 Å². The average molecular weight is 332 g/mol. The second-order valence-corrected chi connectivity index (χ2v) is 6.17. The highest BCUT2D eigenvalue weighted by molar-refractivity contribution is 5.50. The summed E-state index contributed by atoms with van der Waals surface area (Å²) in [4.78, 5) is 11.2. The highest BCUT2D eigenvalue weighted by Crippen LogP contribution is 2.18. The molecule has 0 saturated carbocycles. The highest BCUT2D eigenvalue weighted by Gasteiger charge is 2.12. The van der Waals surface area contributed by atoms with Crippen molar-refractivity contribution < 1.29 is 0 Å². The fraction of sp³-hybridized carbons (Fsp3) is 0.211. The Balaban J connectivity index is 1.60. The van der Waals surface area contributed by atoms with E-state index in [1.165, 1.54) is 5.56 Å². The van der Waals surface area contributed by atoms with Crippen LogP contribution < -0.4 is 4.90 Å². The number of aryl methyl sites for hydroxylation is 1. The monoisotopic (exact) mass is 332 g/mol. The smallest absolute Gasteiger partial charge is 0.157 e. The molecular formula is C19H20N6. The van der Waals surface area contributed by atoms with Crippen molar-refractivity contribution in [1.82, 2.24) is 24.1 Å². The van der Waals surface area contributed by atoms with Crippen LogP contribution in [0.1, 0.15) is 17.1 Å². The van der Waals surface area contributed by atoms with E-state index in [-0.39, 0.29) is 0 Å². The fourth-order valence-electron chi connectivity index (χ4n) is 3.00. The molecular weight excluding hydrogens is 312 g/mol. The summed E-state index contributed by atoms with van der Waals surface area (Å²) in [5.74, 6) is 2.02. The molecule has 25 heavy (non-hydrogen) atoms. The maximum absolute atomic E-state index is 4.54. The second kappa shape index (κ2) is 6.39. The predicted molar refractivity (Wildman–Crippen MR) is 97.6 cm³/mol. The van der Waals surface area contributed by atoms with Gasteiger partial charge < -0.3 is 9.47 Å². The minimum absolute atomic E-state index is 0.693. The number of anilines is 1. The van der Waals surface area contributed by atoms with Crippen molar-refractivity contribution in [2.24, 2.45) is 0 Å². The standard InChI is InChI=1S/C19H20N6/c1-15-12-19(25-17(22-15)8-9-21-25)23(2)14-18-20-10-11-24(18)13-16-6-4-3-5-7-16/h3-12H,13-14H2,1-2H3. The van der Waals surface area contributed by atoms with E-state index < -0.39 is 0 Å². The molecule has 0 bridgehead atoms. The van der Waals surface area contributed by atoms with E-state index in [9.17, 15) is 0 Å². The molecule has 0 amide bonds.